The van der Waals surface area contributed by atoms with E-state index in [-0.39, 0.29) is 6.03 Å². The van der Waals surface area contributed by atoms with Crippen molar-refractivity contribution in [1.82, 2.24) is 0 Å². The van der Waals surface area contributed by atoms with Crippen molar-refractivity contribution in [3.05, 3.63) is 57.5 Å². The number of benzene rings is 2. The number of aliphatic hydroxyl groups excluding tert-OH is 1. The number of anilines is 2. The molecule has 0 aliphatic rings. The Hall–Kier alpha value is -1.56. The predicted molar refractivity (Wildman–Crippen MR) is 88.9 cm³/mol. The first-order valence-electron chi connectivity index (χ1n) is 6.27. The molecule has 110 valence electrons. The quantitative estimate of drug-likeness (QED) is 0.728. The number of hydrogen-bond acceptors (Lipinski definition) is 2. The Bertz CT molecular complexity index is 662. The van der Waals surface area contributed by atoms with Crippen LogP contribution < -0.4 is 10.6 Å². The predicted octanol–water partition coefficient (Wildman–Crippen LogP) is 4.80. The van der Waals surface area contributed by atoms with Gasteiger partial charge < -0.3 is 15.7 Å². The molecule has 3 N–H and O–H groups in total. The van der Waals surface area contributed by atoms with Crippen molar-refractivity contribution >= 4 is 44.9 Å². The number of hydrogen-bond donors (Lipinski definition) is 3. The first kappa shape index (κ1) is 15.8. The van der Waals surface area contributed by atoms with E-state index in [1.807, 2.05) is 0 Å². The molecule has 2 rings (SSSR count). The van der Waals surface area contributed by atoms with Crippen LogP contribution >= 0.6 is 27.5 Å². The molecule has 1 atom stereocenters. The van der Waals surface area contributed by atoms with Gasteiger partial charge in [-0.1, -0.05) is 23.7 Å². The minimum atomic E-state index is -0.583. The highest BCUT2D eigenvalue weighted by Gasteiger charge is 2.06. The summed E-state index contributed by atoms with van der Waals surface area (Å²) in [6, 6.07) is 11.8. The number of amides is 2. The molecule has 0 aliphatic carbocycles. The number of halogens is 2. The Morgan fingerprint density at radius 2 is 1.86 bits per heavy atom. The maximum atomic E-state index is 11.9. The Morgan fingerprint density at radius 1 is 1.19 bits per heavy atom. The summed E-state index contributed by atoms with van der Waals surface area (Å²) in [6.07, 6.45) is -0.583. The molecular formula is C15H14BrClN2O2. The van der Waals surface area contributed by atoms with Gasteiger partial charge in [0.05, 0.1) is 11.1 Å². The van der Waals surface area contributed by atoms with Crippen LogP contribution in [0.25, 0.3) is 0 Å². The molecule has 2 aromatic rings. The Morgan fingerprint density at radius 3 is 2.48 bits per heavy atom. The third-order valence-electron chi connectivity index (χ3n) is 2.80. The first-order chi connectivity index (χ1) is 9.95. The lowest BCUT2D eigenvalue weighted by atomic mass is 10.1. The largest absolute Gasteiger partial charge is 0.389 e. The summed E-state index contributed by atoms with van der Waals surface area (Å²) in [5, 5.41) is 15.4. The van der Waals surface area contributed by atoms with Crippen LogP contribution in [-0.2, 0) is 0 Å². The topological polar surface area (TPSA) is 61.4 Å². The van der Waals surface area contributed by atoms with E-state index in [2.05, 4.69) is 26.6 Å². The molecule has 0 radical (unpaired) electrons. The summed E-state index contributed by atoms with van der Waals surface area (Å²) in [5.41, 5.74) is 1.93. The molecule has 0 spiro atoms. The summed E-state index contributed by atoms with van der Waals surface area (Å²) >= 11 is 9.25. The molecule has 2 amide bonds. The van der Waals surface area contributed by atoms with Crippen LogP contribution in [0.1, 0.15) is 18.6 Å². The highest BCUT2D eigenvalue weighted by molar-refractivity contribution is 9.10. The Labute approximate surface area is 136 Å². The minimum absolute atomic E-state index is 0.379. The van der Waals surface area contributed by atoms with E-state index in [4.69, 9.17) is 11.6 Å². The van der Waals surface area contributed by atoms with Crippen LogP contribution in [0.4, 0.5) is 16.2 Å². The summed E-state index contributed by atoms with van der Waals surface area (Å²) in [5.74, 6) is 0. The number of nitrogens with one attached hydrogen (secondary N) is 2. The number of carbonyl (C=O) groups excluding carboxylic acids is 1. The molecule has 0 aromatic heterocycles. The van der Waals surface area contributed by atoms with E-state index in [0.29, 0.717) is 16.4 Å². The standard InChI is InChI=1S/C15H14BrClN2O2/c1-9(20)10-3-2-4-11(7-10)18-15(21)19-12-5-6-13(16)14(17)8-12/h2-9,20H,1H3,(H2,18,19,21). The fraction of sp³-hybridized carbons (Fsp3) is 0.133. The third kappa shape index (κ3) is 4.46. The van der Waals surface area contributed by atoms with Gasteiger partial charge in [-0.3, -0.25) is 0 Å². The summed E-state index contributed by atoms with van der Waals surface area (Å²) in [4.78, 5) is 11.9. The normalized spacial score (nSPS) is 11.8. The zero-order valence-electron chi connectivity index (χ0n) is 11.2. The van der Waals surface area contributed by atoms with Gasteiger partial charge in [-0.15, -0.1) is 0 Å². The number of rotatable bonds is 3. The molecule has 6 heteroatoms. The maximum absolute atomic E-state index is 11.9. The number of urea groups is 1. The summed E-state index contributed by atoms with van der Waals surface area (Å²) < 4.78 is 0.764. The van der Waals surface area contributed by atoms with Crippen LogP contribution in [0, 0.1) is 0 Å². The number of carbonyl (C=O) groups is 1. The van der Waals surface area contributed by atoms with E-state index in [1.54, 1.807) is 49.4 Å². The zero-order chi connectivity index (χ0) is 15.4. The van der Waals surface area contributed by atoms with Crippen molar-refractivity contribution in [2.45, 2.75) is 13.0 Å². The molecule has 1 unspecified atom stereocenters. The number of aliphatic hydroxyl groups is 1. The lowest BCUT2D eigenvalue weighted by Gasteiger charge is -2.10. The second-order valence-corrected chi connectivity index (χ2v) is 5.77. The summed E-state index contributed by atoms with van der Waals surface area (Å²) in [6.45, 7) is 1.67. The monoisotopic (exact) mass is 368 g/mol. The molecule has 0 fully saturated rings. The SMILES string of the molecule is CC(O)c1cccc(NC(=O)Nc2ccc(Br)c(Cl)c2)c1. The van der Waals surface area contributed by atoms with Crippen molar-refractivity contribution < 1.29 is 9.90 Å². The highest BCUT2D eigenvalue weighted by atomic mass is 79.9. The molecule has 2 aromatic carbocycles. The van der Waals surface area contributed by atoms with Crippen molar-refractivity contribution in [3.8, 4) is 0 Å². The fourth-order valence-electron chi connectivity index (χ4n) is 1.74. The van der Waals surface area contributed by atoms with Gasteiger partial charge in [0.15, 0.2) is 0 Å². The lowest BCUT2D eigenvalue weighted by Crippen LogP contribution is -2.19. The van der Waals surface area contributed by atoms with Gasteiger partial charge in [-0.2, -0.15) is 0 Å². The highest BCUT2D eigenvalue weighted by Crippen LogP contribution is 2.25. The van der Waals surface area contributed by atoms with E-state index in [1.165, 1.54) is 0 Å². The Kier molecular flexibility index (Phi) is 5.22. The van der Waals surface area contributed by atoms with E-state index >= 15 is 0 Å². The van der Waals surface area contributed by atoms with Crippen LogP contribution in [0.5, 0.6) is 0 Å². The van der Waals surface area contributed by atoms with Gasteiger partial charge in [-0.25, -0.2) is 4.79 Å². The smallest absolute Gasteiger partial charge is 0.323 e. The van der Waals surface area contributed by atoms with E-state index in [9.17, 15) is 9.90 Å². The minimum Gasteiger partial charge on any atom is -0.389 e. The molecule has 0 aliphatic heterocycles. The Balaban J connectivity index is 2.04. The van der Waals surface area contributed by atoms with Crippen molar-refractivity contribution in [2.24, 2.45) is 0 Å². The zero-order valence-corrected chi connectivity index (χ0v) is 13.6. The van der Waals surface area contributed by atoms with Crippen LogP contribution in [-0.4, -0.2) is 11.1 Å². The first-order valence-corrected chi connectivity index (χ1v) is 7.44. The molecule has 0 saturated carbocycles. The van der Waals surface area contributed by atoms with Crippen molar-refractivity contribution in [3.63, 3.8) is 0 Å². The molecule has 21 heavy (non-hydrogen) atoms. The van der Waals surface area contributed by atoms with Gasteiger partial charge >= 0.3 is 6.03 Å². The second kappa shape index (κ2) is 6.93. The third-order valence-corrected chi connectivity index (χ3v) is 4.04. The molecule has 0 saturated heterocycles. The van der Waals surface area contributed by atoms with E-state index in [0.717, 1.165) is 10.0 Å². The van der Waals surface area contributed by atoms with Crippen LogP contribution in [0.2, 0.25) is 5.02 Å². The fourth-order valence-corrected chi connectivity index (χ4v) is 2.17. The lowest BCUT2D eigenvalue weighted by molar-refractivity contribution is 0.199. The second-order valence-electron chi connectivity index (χ2n) is 4.51. The molecular weight excluding hydrogens is 356 g/mol. The molecule has 4 nitrogen and oxygen atoms in total. The van der Waals surface area contributed by atoms with E-state index < -0.39 is 6.10 Å². The van der Waals surface area contributed by atoms with Gasteiger partial charge in [0.25, 0.3) is 0 Å². The average Bonchev–Trinajstić information content (AvgIpc) is 2.43. The van der Waals surface area contributed by atoms with Crippen LogP contribution in [0.15, 0.2) is 46.9 Å². The maximum Gasteiger partial charge on any atom is 0.323 e. The van der Waals surface area contributed by atoms with Crippen molar-refractivity contribution in [1.29, 1.82) is 0 Å². The van der Waals surface area contributed by atoms with Gasteiger partial charge in [0, 0.05) is 15.8 Å². The van der Waals surface area contributed by atoms with Crippen molar-refractivity contribution in [2.75, 3.05) is 10.6 Å². The van der Waals surface area contributed by atoms with Gasteiger partial charge in [0.1, 0.15) is 0 Å². The van der Waals surface area contributed by atoms with Crippen LogP contribution in [0.3, 0.4) is 0 Å². The molecule has 0 heterocycles. The van der Waals surface area contributed by atoms with Gasteiger partial charge in [0.2, 0.25) is 0 Å². The summed E-state index contributed by atoms with van der Waals surface area (Å²) in [7, 11) is 0. The van der Waals surface area contributed by atoms with Gasteiger partial charge in [-0.05, 0) is 58.7 Å². The average molecular weight is 370 g/mol. The molecule has 0 bridgehead atoms.